The number of hydrogen-bond donors (Lipinski definition) is 3. The highest BCUT2D eigenvalue weighted by Crippen LogP contribution is 2.08. The van der Waals surface area contributed by atoms with Gasteiger partial charge in [-0.3, -0.25) is 0 Å². The summed E-state index contributed by atoms with van der Waals surface area (Å²) in [6, 6.07) is 3.68. The minimum Gasteiger partial charge on any atom is -0.384 e. The van der Waals surface area contributed by atoms with Gasteiger partial charge in [0, 0.05) is 12.1 Å². The Morgan fingerprint density at radius 3 is 2.64 bits per heavy atom. The van der Waals surface area contributed by atoms with Crippen molar-refractivity contribution in [1.82, 2.24) is 4.98 Å². The maximum absolute atomic E-state index is 5.85. The molecular weight excluding hydrogens is 176 g/mol. The summed E-state index contributed by atoms with van der Waals surface area (Å²) in [5.74, 6) is 0.537. The van der Waals surface area contributed by atoms with Crippen molar-refractivity contribution in [2.75, 3.05) is 17.6 Å². The van der Waals surface area contributed by atoms with E-state index in [1.54, 1.807) is 12.3 Å². The zero-order valence-electron chi connectivity index (χ0n) is 8.75. The van der Waals surface area contributed by atoms with E-state index in [2.05, 4.69) is 10.3 Å². The van der Waals surface area contributed by atoms with Crippen LogP contribution in [-0.2, 0) is 0 Å². The van der Waals surface area contributed by atoms with Gasteiger partial charge in [0.1, 0.15) is 5.82 Å². The first-order valence-corrected chi connectivity index (χ1v) is 4.72. The van der Waals surface area contributed by atoms with Gasteiger partial charge in [-0.25, -0.2) is 4.98 Å². The first-order chi connectivity index (χ1) is 6.47. The molecule has 0 saturated heterocycles. The third-order valence-corrected chi connectivity index (χ3v) is 1.88. The van der Waals surface area contributed by atoms with Crippen molar-refractivity contribution in [3.8, 4) is 0 Å². The molecule has 0 aliphatic rings. The van der Waals surface area contributed by atoms with E-state index in [9.17, 15) is 0 Å². The highest BCUT2D eigenvalue weighted by atomic mass is 14.9. The van der Waals surface area contributed by atoms with Crippen LogP contribution in [0, 0.1) is 0 Å². The van der Waals surface area contributed by atoms with Crippen molar-refractivity contribution >= 4 is 11.5 Å². The number of nitrogen functional groups attached to an aromatic ring is 1. The second-order valence-electron chi connectivity index (χ2n) is 4.14. The number of rotatable bonds is 4. The van der Waals surface area contributed by atoms with E-state index in [0.29, 0.717) is 5.82 Å². The Morgan fingerprint density at radius 1 is 1.43 bits per heavy atom. The molecule has 1 aromatic rings. The molecule has 5 N–H and O–H groups in total. The van der Waals surface area contributed by atoms with Crippen molar-refractivity contribution in [3.63, 3.8) is 0 Å². The Balaban J connectivity index is 2.35. The number of aromatic nitrogens is 1. The zero-order chi connectivity index (χ0) is 10.6. The molecule has 0 radical (unpaired) electrons. The first kappa shape index (κ1) is 10.8. The molecule has 1 aromatic heterocycles. The van der Waals surface area contributed by atoms with E-state index >= 15 is 0 Å². The third kappa shape index (κ3) is 4.09. The van der Waals surface area contributed by atoms with E-state index < -0.39 is 0 Å². The Bertz CT molecular complexity index is 273. The Labute approximate surface area is 84.7 Å². The van der Waals surface area contributed by atoms with Crippen LogP contribution in [0.2, 0.25) is 0 Å². The quantitative estimate of drug-likeness (QED) is 0.673. The molecule has 0 fully saturated rings. The molecule has 4 nitrogen and oxygen atoms in total. The predicted molar refractivity (Wildman–Crippen MR) is 60.0 cm³/mol. The molecule has 0 aliphatic heterocycles. The fourth-order valence-corrected chi connectivity index (χ4v) is 1.04. The number of nitrogens with one attached hydrogen (secondary N) is 1. The van der Waals surface area contributed by atoms with Crippen LogP contribution in [0.25, 0.3) is 0 Å². The first-order valence-electron chi connectivity index (χ1n) is 4.72. The lowest BCUT2D eigenvalue weighted by Gasteiger charge is -2.18. The van der Waals surface area contributed by atoms with Crippen LogP contribution in [0.3, 0.4) is 0 Å². The van der Waals surface area contributed by atoms with Gasteiger partial charge in [-0.15, -0.1) is 0 Å². The molecular formula is C10H18N4. The van der Waals surface area contributed by atoms with Crippen molar-refractivity contribution in [2.45, 2.75) is 25.8 Å². The minimum atomic E-state index is -0.131. The maximum Gasteiger partial charge on any atom is 0.123 e. The molecule has 0 atom stereocenters. The van der Waals surface area contributed by atoms with Gasteiger partial charge in [0.05, 0.1) is 11.9 Å². The summed E-state index contributed by atoms with van der Waals surface area (Å²) < 4.78 is 0. The smallest absolute Gasteiger partial charge is 0.123 e. The molecule has 0 bridgehead atoms. The average molecular weight is 194 g/mol. The van der Waals surface area contributed by atoms with Gasteiger partial charge in [-0.05, 0) is 32.4 Å². The predicted octanol–water partition coefficient (Wildman–Crippen LogP) is 1.20. The lowest BCUT2D eigenvalue weighted by atomic mass is 10.0. The van der Waals surface area contributed by atoms with Crippen molar-refractivity contribution < 1.29 is 0 Å². The van der Waals surface area contributed by atoms with Gasteiger partial charge in [-0.1, -0.05) is 0 Å². The fraction of sp³-hybridized carbons (Fsp3) is 0.500. The summed E-state index contributed by atoms with van der Waals surface area (Å²) in [6.07, 6.45) is 2.64. The van der Waals surface area contributed by atoms with Crippen LogP contribution in [0.1, 0.15) is 20.3 Å². The summed E-state index contributed by atoms with van der Waals surface area (Å²) in [5, 5.41) is 3.23. The van der Waals surface area contributed by atoms with Gasteiger partial charge >= 0.3 is 0 Å². The standard InChI is InChI=1S/C10H18N4/c1-10(2,12)5-6-13-8-3-4-9(11)14-7-8/h3-4,7,13H,5-6,12H2,1-2H3,(H2,11,14). The number of nitrogens with two attached hydrogens (primary N) is 2. The highest BCUT2D eigenvalue weighted by Gasteiger charge is 2.08. The number of pyridine rings is 1. The van der Waals surface area contributed by atoms with Crippen molar-refractivity contribution in [1.29, 1.82) is 0 Å². The number of anilines is 2. The molecule has 0 saturated carbocycles. The molecule has 1 rings (SSSR count). The van der Waals surface area contributed by atoms with Crippen LogP contribution in [0.4, 0.5) is 11.5 Å². The number of hydrogen-bond acceptors (Lipinski definition) is 4. The lowest BCUT2D eigenvalue weighted by Crippen LogP contribution is -2.34. The van der Waals surface area contributed by atoms with E-state index in [1.165, 1.54) is 0 Å². The van der Waals surface area contributed by atoms with Crippen LogP contribution in [-0.4, -0.2) is 17.1 Å². The maximum atomic E-state index is 5.85. The molecule has 0 aliphatic carbocycles. The normalized spacial score (nSPS) is 11.4. The Hall–Kier alpha value is -1.29. The monoisotopic (exact) mass is 194 g/mol. The molecule has 4 heteroatoms. The van der Waals surface area contributed by atoms with Gasteiger partial charge in [0.2, 0.25) is 0 Å². The lowest BCUT2D eigenvalue weighted by molar-refractivity contribution is 0.491. The fourth-order valence-electron chi connectivity index (χ4n) is 1.04. The Morgan fingerprint density at radius 2 is 2.14 bits per heavy atom. The molecule has 78 valence electrons. The van der Waals surface area contributed by atoms with Crippen molar-refractivity contribution in [2.24, 2.45) is 5.73 Å². The van der Waals surface area contributed by atoms with Gasteiger partial charge < -0.3 is 16.8 Å². The second-order valence-corrected chi connectivity index (χ2v) is 4.14. The summed E-state index contributed by atoms with van der Waals surface area (Å²) in [6.45, 7) is 4.86. The third-order valence-electron chi connectivity index (χ3n) is 1.88. The van der Waals surface area contributed by atoms with E-state index in [1.807, 2.05) is 19.9 Å². The topological polar surface area (TPSA) is 77.0 Å². The summed E-state index contributed by atoms with van der Waals surface area (Å²) >= 11 is 0. The molecule has 0 spiro atoms. The average Bonchev–Trinajstić information content (AvgIpc) is 2.06. The summed E-state index contributed by atoms with van der Waals surface area (Å²) in [5.41, 5.74) is 12.2. The van der Waals surface area contributed by atoms with Gasteiger partial charge in [0.25, 0.3) is 0 Å². The molecule has 1 heterocycles. The van der Waals surface area contributed by atoms with E-state index in [4.69, 9.17) is 11.5 Å². The molecule has 0 amide bonds. The van der Waals surface area contributed by atoms with Crippen LogP contribution in [0.5, 0.6) is 0 Å². The largest absolute Gasteiger partial charge is 0.384 e. The van der Waals surface area contributed by atoms with Crippen LogP contribution < -0.4 is 16.8 Å². The summed E-state index contributed by atoms with van der Waals surface area (Å²) in [7, 11) is 0. The zero-order valence-corrected chi connectivity index (χ0v) is 8.75. The Kier molecular flexibility index (Phi) is 3.30. The van der Waals surface area contributed by atoms with E-state index in [-0.39, 0.29) is 5.54 Å². The second kappa shape index (κ2) is 4.28. The SMILES string of the molecule is CC(C)(N)CCNc1ccc(N)nc1. The molecule has 0 aromatic carbocycles. The van der Waals surface area contributed by atoms with E-state index in [0.717, 1.165) is 18.7 Å². The summed E-state index contributed by atoms with van der Waals surface area (Å²) in [4.78, 5) is 3.98. The number of nitrogens with zero attached hydrogens (tertiary/aromatic N) is 1. The minimum absolute atomic E-state index is 0.131. The van der Waals surface area contributed by atoms with Crippen LogP contribution >= 0.6 is 0 Å². The van der Waals surface area contributed by atoms with Gasteiger partial charge in [-0.2, -0.15) is 0 Å². The molecule has 14 heavy (non-hydrogen) atoms. The van der Waals surface area contributed by atoms with Gasteiger partial charge in [0.15, 0.2) is 0 Å². The molecule has 0 unspecified atom stereocenters. The highest BCUT2D eigenvalue weighted by molar-refractivity contribution is 5.45. The van der Waals surface area contributed by atoms with Crippen LogP contribution in [0.15, 0.2) is 18.3 Å². The van der Waals surface area contributed by atoms with Crippen molar-refractivity contribution in [3.05, 3.63) is 18.3 Å².